The zero-order chi connectivity index (χ0) is 10.6. The second-order valence-corrected chi connectivity index (χ2v) is 3.72. The average molecular weight is 210 g/mol. The Bertz CT molecular complexity index is 301. The molecule has 0 amide bonds. The molecule has 0 fully saturated rings. The Labute approximate surface area is 89.2 Å². The summed E-state index contributed by atoms with van der Waals surface area (Å²) in [5, 5.41) is 0. The first-order chi connectivity index (χ1) is 6.61. The molecular formula is C9H14N4S. The minimum absolute atomic E-state index is 0.178. The van der Waals surface area contributed by atoms with Crippen molar-refractivity contribution in [2.45, 2.75) is 6.92 Å². The van der Waals surface area contributed by atoms with E-state index in [0.29, 0.717) is 4.99 Å². The zero-order valence-corrected chi connectivity index (χ0v) is 9.16. The van der Waals surface area contributed by atoms with Gasteiger partial charge in [-0.25, -0.2) is 4.98 Å². The summed E-state index contributed by atoms with van der Waals surface area (Å²) in [7, 11) is 1.94. The molecule has 1 heterocycles. The molecule has 2 N–H and O–H groups in total. The second kappa shape index (κ2) is 4.85. The van der Waals surface area contributed by atoms with Gasteiger partial charge in [0.1, 0.15) is 5.82 Å². The number of rotatable bonds is 4. The molecule has 14 heavy (non-hydrogen) atoms. The van der Waals surface area contributed by atoms with Gasteiger partial charge in [0.25, 0.3) is 0 Å². The Morgan fingerprint density at radius 3 is 2.86 bits per heavy atom. The summed E-state index contributed by atoms with van der Waals surface area (Å²) in [5.41, 5.74) is 5.53. The number of aromatic nitrogens is 2. The van der Waals surface area contributed by atoms with Crippen LogP contribution < -0.4 is 10.6 Å². The van der Waals surface area contributed by atoms with Gasteiger partial charge in [0.2, 0.25) is 0 Å². The molecule has 0 saturated heterocycles. The fraction of sp³-hybridized carbons (Fsp3) is 0.444. The summed E-state index contributed by atoms with van der Waals surface area (Å²) < 4.78 is 0. The van der Waals surface area contributed by atoms with Crippen molar-refractivity contribution in [3.8, 4) is 0 Å². The average Bonchev–Trinajstić information content (AvgIpc) is 2.19. The third-order valence-corrected chi connectivity index (χ3v) is 2.38. The SMILES string of the molecule is CC(CN(C)c1cnccn1)C(N)=S. The van der Waals surface area contributed by atoms with E-state index in [-0.39, 0.29) is 5.92 Å². The lowest BCUT2D eigenvalue weighted by Crippen LogP contribution is -2.31. The number of nitrogens with zero attached hydrogens (tertiary/aromatic N) is 3. The van der Waals surface area contributed by atoms with E-state index in [0.717, 1.165) is 12.4 Å². The van der Waals surface area contributed by atoms with E-state index in [1.165, 1.54) is 0 Å². The molecule has 1 aromatic heterocycles. The summed E-state index contributed by atoms with van der Waals surface area (Å²) in [6.07, 6.45) is 5.03. The Kier molecular flexibility index (Phi) is 3.76. The largest absolute Gasteiger partial charge is 0.393 e. The number of nitrogens with two attached hydrogens (primary N) is 1. The van der Waals surface area contributed by atoms with Crippen molar-refractivity contribution in [2.24, 2.45) is 11.7 Å². The van der Waals surface area contributed by atoms with Crippen molar-refractivity contribution in [3.63, 3.8) is 0 Å². The molecule has 0 radical (unpaired) electrons. The molecule has 0 spiro atoms. The Morgan fingerprint density at radius 1 is 1.64 bits per heavy atom. The lowest BCUT2D eigenvalue weighted by atomic mass is 10.2. The maximum atomic E-state index is 5.53. The highest BCUT2D eigenvalue weighted by Gasteiger charge is 2.09. The molecular weight excluding hydrogens is 196 g/mol. The maximum absolute atomic E-state index is 5.53. The van der Waals surface area contributed by atoms with Gasteiger partial charge in [-0.15, -0.1) is 0 Å². The Morgan fingerprint density at radius 2 is 2.36 bits per heavy atom. The van der Waals surface area contributed by atoms with Gasteiger partial charge in [0.15, 0.2) is 0 Å². The normalized spacial score (nSPS) is 12.1. The topological polar surface area (TPSA) is 55.0 Å². The van der Waals surface area contributed by atoms with Gasteiger partial charge < -0.3 is 10.6 Å². The molecule has 0 aromatic carbocycles. The third-order valence-electron chi connectivity index (χ3n) is 1.97. The molecule has 5 heteroatoms. The van der Waals surface area contributed by atoms with Crippen molar-refractivity contribution in [1.82, 2.24) is 9.97 Å². The minimum atomic E-state index is 0.178. The van der Waals surface area contributed by atoms with Crippen molar-refractivity contribution >= 4 is 23.0 Å². The van der Waals surface area contributed by atoms with Crippen molar-refractivity contribution in [3.05, 3.63) is 18.6 Å². The van der Waals surface area contributed by atoms with Crippen LogP contribution in [0.1, 0.15) is 6.92 Å². The van der Waals surface area contributed by atoms with Gasteiger partial charge in [-0.3, -0.25) is 4.98 Å². The Hall–Kier alpha value is -1.23. The fourth-order valence-corrected chi connectivity index (χ4v) is 1.16. The zero-order valence-electron chi connectivity index (χ0n) is 8.34. The predicted molar refractivity (Wildman–Crippen MR) is 61.3 cm³/mol. The van der Waals surface area contributed by atoms with E-state index >= 15 is 0 Å². The van der Waals surface area contributed by atoms with Crippen LogP contribution in [0.25, 0.3) is 0 Å². The molecule has 1 rings (SSSR count). The van der Waals surface area contributed by atoms with E-state index in [1.807, 2.05) is 18.9 Å². The van der Waals surface area contributed by atoms with Crippen LogP contribution in [0.4, 0.5) is 5.82 Å². The first kappa shape index (κ1) is 10.8. The summed E-state index contributed by atoms with van der Waals surface area (Å²) >= 11 is 4.90. The van der Waals surface area contributed by atoms with Crippen molar-refractivity contribution in [2.75, 3.05) is 18.5 Å². The molecule has 1 aromatic rings. The third kappa shape index (κ3) is 2.92. The number of thiocarbonyl (C=S) groups is 1. The van der Waals surface area contributed by atoms with Gasteiger partial charge in [-0.05, 0) is 0 Å². The summed E-state index contributed by atoms with van der Waals surface area (Å²) in [6, 6.07) is 0. The highest BCUT2D eigenvalue weighted by Crippen LogP contribution is 2.07. The van der Waals surface area contributed by atoms with Crippen LogP contribution in [0.2, 0.25) is 0 Å². The molecule has 0 aliphatic rings. The highest BCUT2D eigenvalue weighted by molar-refractivity contribution is 7.80. The maximum Gasteiger partial charge on any atom is 0.146 e. The molecule has 0 aliphatic carbocycles. The van der Waals surface area contributed by atoms with E-state index in [4.69, 9.17) is 18.0 Å². The highest BCUT2D eigenvalue weighted by atomic mass is 32.1. The van der Waals surface area contributed by atoms with Crippen LogP contribution in [0.3, 0.4) is 0 Å². The van der Waals surface area contributed by atoms with Gasteiger partial charge >= 0.3 is 0 Å². The molecule has 0 aliphatic heterocycles. The minimum Gasteiger partial charge on any atom is -0.393 e. The molecule has 0 saturated carbocycles. The molecule has 4 nitrogen and oxygen atoms in total. The van der Waals surface area contributed by atoms with Crippen molar-refractivity contribution in [1.29, 1.82) is 0 Å². The molecule has 0 bridgehead atoms. The number of hydrogen-bond donors (Lipinski definition) is 1. The van der Waals surface area contributed by atoms with Gasteiger partial charge in [0, 0.05) is 31.9 Å². The van der Waals surface area contributed by atoms with E-state index in [2.05, 4.69) is 9.97 Å². The van der Waals surface area contributed by atoms with Gasteiger partial charge in [-0.2, -0.15) is 0 Å². The summed E-state index contributed by atoms with van der Waals surface area (Å²) in [6.45, 7) is 2.75. The standard InChI is InChI=1S/C9H14N4S/c1-7(9(10)14)6-13(2)8-5-11-3-4-12-8/h3-5,7H,6H2,1-2H3,(H2,10,14). The van der Waals surface area contributed by atoms with E-state index in [1.54, 1.807) is 18.6 Å². The van der Waals surface area contributed by atoms with E-state index in [9.17, 15) is 0 Å². The lowest BCUT2D eigenvalue weighted by Gasteiger charge is -2.21. The smallest absolute Gasteiger partial charge is 0.146 e. The van der Waals surface area contributed by atoms with E-state index < -0.39 is 0 Å². The first-order valence-electron chi connectivity index (χ1n) is 4.37. The van der Waals surface area contributed by atoms with Crippen LogP contribution in [0.15, 0.2) is 18.6 Å². The number of anilines is 1. The number of hydrogen-bond acceptors (Lipinski definition) is 4. The Balaban J connectivity index is 2.59. The van der Waals surface area contributed by atoms with Crippen LogP contribution in [-0.2, 0) is 0 Å². The van der Waals surface area contributed by atoms with Crippen LogP contribution in [0, 0.1) is 5.92 Å². The first-order valence-corrected chi connectivity index (χ1v) is 4.78. The van der Waals surface area contributed by atoms with Crippen LogP contribution in [-0.4, -0.2) is 28.5 Å². The molecule has 1 unspecified atom stereocenters. The van der Waals surface area contributed by atoms with Gasteiger partial charge in [0.05, 0.1) is 11.2 Å². The summed E-state index contributed by atoms with van der Waals surface area (Å²) in [5.74, 6) is 1.01. The van der Waals surface area contributed by atoms with Crippen LogP contribution >= 0.6 is 12.2 Å². The monoisotopic (exact) mass is 210 g/mol. The fourth-order valence-electron chi connectivity index (χ4n) is 1.08. The lowest BCUT2D eigenvalue weighted by molar-refractivity contribution is 0.733. The quantitative estimate of drug-likeness (QED) is 0.746. The van der Waals surface area contributed by atoms with Crippen LogP contribution in [0.5, 0.6) is 0 Å². The van der Waals surface area contributed by atoms with Gasteiger partial charge in [-0.1, -0.05) is 19.1 Å². The molecule has 76 valence electrons. The molecule has 1 atom stereocenters. The predicted octanol–water partition coefficient (Wildman–Crippen LogP) is 0.835. The second-order valence-electron chi connectivity index (χ2n) is 3.25. The van der Waals surface area contributed by atoms with Crippen molar-refractivity contribution < 1.29 is 0 Å². The summed E-state index contributed by atoms with van der Waals surface area (Å²) in [4.78, 5) is 10.7.